The van der Waals surface area contributed by atoms with Gasteiger partial charge in [-0.3, -0.25) is 9.36 Å². The molecule has 2 aromatic carbocycles. The predicted molar refractivity (Wildman–Crippen MR) is 128 cm³/mol. The van der Waals surface area contributed by atoms with Gasteiger partial charge in [-0.15, -0.1) is 10.2 Å². The van der Waals surface area contributed by atoms with Gasteiger partial charge in [0.15, 0.2) is 11.0 Å². The van der Waals surface area contributed by atoms with E-state index in [1.807, 2.05) is 36.6 Å². The van der Waals surface area contributed by atoms with Crippen LogP contribution < -0.4 is 5.32 Å². The summed E-state index contributed by atoms with van der Waals surface area (Å²) >= 11 is 4.78. The molecule has 0 bridgehead atoms. The lowest BCUT2D eigenvalue weighted by Gasteiger charge is -2.14. The van der Waals surface area contributed by atoms with Gasteiger partial charge in [-0.1, -0.05) is 45.4 Å². The van der Waals surface area contributed by atoms with Gasteiger partial charge in [0.2, 0.25) is 5.91 Å². The lowest BCUT2D eigenvalue weighted by atomic mass is 10.1. The number of ether oxygens (including phenoxy) is 1. The van der Waals surface area contributed by atoms with Gasteiger partial charge in [0.25, 0.3) is 0 Å². The molecular formula is C23H25BrN4O3S. The van der Waals surface area contributed by atoms with Crippen LogP contribution in [0.1, 0.15) is 24.0 Å². The molecule has 1 aliphatic rings. The number of aromatic nitrogens is 3. The average Bonchev–Trinajstić information content (AvgIpc) is 3.42. The van der Waals surface area contributed by atoms with Crippen LogP contribution in [0.15, 0.2) is 46.0 Å². The van der Waals surface area contributed by atoms with E-state index in [0.717, 1.165) is 40.7 Å². The first-order valence-electron chi connectivity index (χ1n) is 10.5. The molecule has 1 amide bonds. The number of aromatic hydroxyl groups is 1. The van der Waals surface area contributed by atoms with Crippen LogP contribution in [-0.4, -0.2) is 50.8 Å². The number of phenolic OH excluding ortho intramolecular Hbond substituents is 1. The quantitative estimate of drug-likeness (QED) is 0.452. The Balaban J connectivity index is 1.62. The molecule has 7 nitrogen and oxygen atoms in total. The Labute approximate surface area is 199 Å². The fourth-order valence-electron chi connectivity index (χ4n) is 3.71. The van der Waals surface area contributed by atoms with Gasteiger partial charge < -0.3 is 15.2 Å². The van der Waals surface area contributed by atoms with Gasteiger partial charge in [0, 0.05) is 17.6 Å². The zero-order valence-corrected chi connectivity index (χ0v) is 20.4. The number of rotatable bonds is 7. The van der Waals surface area contributed by atoms with Crippen molar-refractivity contribution in [2.24, 2.45) is 0 Å². The van der Waals surface area contributed by atoms with Crippen molar-refractivity contribution in [3.05, 3.63) is 52.0 Å². The third kappa shape index (κ3) is 5.16. The Morgan fingerprint density at radius 1 is 1.28 bits per heavy atom. The Bertz CT molecular complexity index is 1130. The maximum atomic E-state index is 12.4. The molecule has 168 valence electrons. The molecule has 0 unspecified atom stereocenters. The van der Waals surface area contributed by atoms with Gasteiger partial charge in [0.05, 0.1) is 23.1 Å². The number of phenols is 1. The highest BCUT2D eigenvalue weighted by Crippen LogP contribution is 2.35. The number of carbonyl (C=O) groups excluding carboxylic acids is 1. The summed E-state index contributed by atoms with van der Waals surface area (Å²) in [6.07, 6.45) is 2.13. The third-order valence-electron chi connectivity index (χ3n) is 5.31. The fraction of sp³-hybridized carbons (Fsp3) is 0.348. The van der Waals surface area contributed by atoms with Gasteiger partial charge in [-0.2, -0.15) is 0 Å². The van der Waals surface area contributed by atoms with Crippen LogP contribution in [0, 0.1) is 13.8 Å². The second-order valence-corrected chi connectivity index (χ2v) is 9.68. The summed E-state index contributed by atoms with van der Waals surface area (Å²) in [4.78, 5) is 12.4. The molecule has 32 heavy (non-hydrogen) atoms. The number of hydrogen-bond acceptors (Lipinski definition) is 6. The molecule has 0 spiro atoms. The standard InChI is InChI=1S/C23H25BrN4O3S/c1-14-5-7-19(15(2)10-14)28-22(18-11-16(24)6-8-20(18)29)26-27-23(28)32-13-21(30)25-12-17-4-3-9-31-17/h5-8,10-11,17,29H,3-4,9,12-13H2,1-2H3,(H,25,30)/t17-/m1/s1. The Morgan fingerprint density at radius 2 is 2.12 bits per heavy atom. The summed E-state index contributed by atoms with van der Waals surface area (Å²) in [6, 6.07) is 11.3. The van der Waals surface area contributed by atoms with Crippen molar-refractivity contribution in [2.75, 3.05) is 18.9 Å². The molecule has 1 saturated heterocycles. The smallest absolute Gasteiger partial charge is 0.230 e. The SMILES string of the molecule is Cc1ccc(-n2c(SCC(=O)NC[C@H]3CCCO3)nnc2-c2cc(Br)ccc2O)c(C)c1. The lowest BCUT2D eigenvalue weighted by molar-refractivity contribution is -0.119. The predicted octanol–water partition coefficient (Wildman–Crippen LogP) is 4.41. The third-order valence-corrected chi connectivity index (χ3v) is 6.73. The highest BCUT2D eigenvalue weighted by atomic mass is 79.9. The van der Waals surface area contributed by atoms with E-state index < -0.39 is 0 Å². The largest absolute Gasteiger partial charge is 0.507 e. The van der Waals surface area contributed by atoms with Crippen molar-refractivity contribution in [3.63, 3.8) is 0 Å². The number of halogens is 1. The minimum absolute atomic E-state index is 0.0764. The van der Waals surface area contributed by atoms with E-state index in [9.17, 15) is 9.90 Å². The summed E-state index contributed by atoms with van der Waals surface area (Å²) in [7, 11) is 0. The number of aryl methyl sites for hydroxylation is 2. The van der Waals surface area contributed by atoms with E-state index in [1.165, 1.54) is 11.8 Å². The number of carbonyl (C=O) groups is 1. The first-order valence-corrected chi connectivity index (χ1v) is 12.2. The van der Waals surface area contributed by atoms with E-state index in [1.54, 1.807) is 12.1 Å². The second-order valence-electron chi connectivity index (χ2n) is 7.82. The number of thioether (sulfide) groups is 1. The van der Waals surface area contributed by atoms with E-state index >= 15 is 0 Å². The molecule has 0 aliphatic carbocycles. The van der Waals surface area contributed by atoms with Crippen LogP contribution in [-0.2, 0) is 9.53 Å². The highest BCUT2D eigenvalue weighted by Gasteiger charge is 2.21. The first kappa shape index (κ1) is 22.8. The van der Waals surface area contributed by atoms with Crippen LogP contribution in [0.5, 0.6) is 5.75 Å². The summed E-state index contributed by atoms with van der Waals surface area (Å²) in [5.74, 6) is 0.753. The molecule has 2 heterocycles. The van der Waals surface area contributed by atoms with E-state index in [4.69, 9.17) is 4.74 Å². The minimum Gasteiger partial charge on any atom is -0.507 e. The molecule has 1 atom stereocenters. The molecule has 2 N–H and O–H groups in total. The van der Waals surface area contributed by atoms with Crippen LogP contribution in [0.25, 0.3) is 17.1 Å². The molecule has 3 aromatic rings. The molecule has 4 rings (SSSR count). The summed E-state index contributed by atoms with van der Waals surface area (Å²) in [5.41, 5.74) is 3.65. The monoisotopic (exact) mass is 516 g/mol. The van der Waals surface area contributed by atoms with E-state index in [2.05, 4.69) is 37.5 Å². The van der Waals surface area contributed by atoms with Crippen molar-refractivity contribution in [2.45, 2.75) is 37.9 Å². The topological polar surface area (TPSA) is 89.3 Å². The molecular weight excluding hydrogens is 492 g/mol. The van der Waals surface area contributed by atoms with Gasteiger partial charge in [-0.05, 0) is 56.5 Å². The van der Waals surface area contributed by atoms with Crippen LogP contribution in [0.2, 0.25) is 0 Å². The number of amides is 1. The van der Waals surface area contributed by atoms with Crippen LogP contribution in [0.4, 0.5) is 0 Å². The summed E-state index contributed by atoms with van der Waals surface area (Å²) < 4.78 is 8.28. The minimum atomic E-state index is -0.0764. The number of benzene rings is 2. The Hall–Kier alpha value is -2.36. The van der Waals surface area contributed by atoms with Crippen LogP contribution in [0.3, 0.4) is 0 Å². The first-order chi connectivity index (χ1) is 15.4. The van der Waals surface area contributed by atoms with Crippen molar-refractivity contribution >= 4 is 33.6 Å². The molecule has 0 saturated carbocycles. The Morgan fingerprint density at radius 3 is 2.88 bits per heavy atom. The van der Waals surface area contributed by atoms with Gasteiger partial charge in [0.1, 0.15) is 5.75 Å². The fourth-order valence-corrected chi connectivity index (χ4v) is 4.85. The zero-order valence-electron chi connectivity index (χ0n) is 18.0. The van der Waals surface area contributed by atoms with Crippen molar-refractivity contribution in [3.8, 4) is 22.8 Å². The summed E-state index contributed by atoms with van der Waals surface area (Å²) in [6.45, 7) is 5.35. The van der Waals surface area contributed by atoms with Gasteiger partial charge in [-0.25, -0.2) is 0 Å². The highest BCUT2D eigenvalue weighted by molar-refractivity contribution is 9.10. The Kier molecular flexibility index (Phi) is 7.17. The lowest BCUT2D eigenvalue weighted by Crippen LogP contribution is -2.32. The van der Waals surface area contributed by atoms with Gasteiger partial charge >= 0.3 is 0 Å². The normalized spacial score (nSPS) is 15.8. The maximum absolute atomic E-state index is 12.4. The van der Waals surface area contributed by atoms with E-state index in [-0.39, 0.29) is 23.5 Å². The molecule has 1 fully saturated rings. The number of nitrogens with one attached hydrogen (secondary N) is 1. The van der Waals surface area contributed by atoms with Crippen LogP contribution >= 0.6 is 27.7 Å². The van der Waals surface area contributed by atoms with Crippen molar-refractivity contribution in [1.82, 2.24) is 20.1 Å². The maximum Gasteiger partial charge on any atom is 0.230 e. The molecule has 1 aromatic heterocycles. The van der Waals surface area contributed by atoms with Crippen molar-refractivity contribution in [1.29, 1.82) is 0 Å². The van der Waals surface area contributed by atoms with Crippen molar-refractivity contribution < 1.29 is 14.6 Å². The van der Waals surface area contributed by atoms with E-state index in [0.29, 0.717) is 23.1 Å². The second kappa shape index (κ2) is 10.1. The molecule has 9 heteroatoms. The summed E-state index contributed by atoms with van der Waals surface area (Å²) in [5, 5.41) is 22.7. The number of hydrogen-bond donors (Lipinski definition) is 2. The molecule has 1 aliphatic heterocycles. The average molecular weight is 517 g/mol. The molecule has 0 radical (unpaired) electrons. The number of nitrogens with zero attached hydrogens (tertiary/aromatic N) is 3. The zero-order chi connectivity index (χ0) is 22.7.